The molecule has 0 heterocycles. The van der Waals surface area contributed by atoms with Crippen LogP contribution in [0, 0.1) is 6.92 Å². The summed E-state index contributed by atoms with van der Waals surface area (Å²) < 4.78 is 0. The molecule has 0 radical (unpaired) electrons. The SMILES string of the molecule is CCC(C)NCc1ccc(/C(N)=N/O)cc1C. The molecule has 1 rings (SSSR count). The Hall–Kier alpha value is -1.55. The van der Waals surface area contributed by atoms with E-state index in [-0.39, 0.29) is 5.84 Å². The molecular weight excluding hydrogens is 214 g/mol. The van der Waals surface area contributed by atoms with Gasteiger partial charge in [-0.2, -0.15) is 0 Å². The van der Waals surface area contributed by atoms with Gasteiger partial charge in [0.15, 0.2) is 5.84 Å². The Balaban J connectivity index is 2.76. The van der Waals surface area contributed by atoms with Crippen molar-refractivity contribution in [1.82, 2.24) is 5.32 Å². The first kappa shape index (κ1) is 13.5. The second-order valence-electron chi connectivity index (χ2n) is 4.32. The number of aryl methyl sites for hydroxylation is 1. The standard InChI is InChI=1S/C13H21N3O/c1-4-10(3)15-8-12-6-5-11(7-9(12)2)13(14)16-17/h5-7,10,15,17H,4,8H2,1-3H3,(H2,14,16). The van der Waals surface area contributed by atoms with E-state index in [4.69, 9.17) is 10.9 Å². The summed E-state index contributed by atoms with van der Waals surface area (Å²) in [6, 6.07) is 6.33. The molecule has 4 N–H and O–H groups in total. The molecule has 0 fully saturated rings. The molecule has 4 heteroatoms. The molecule has 1 aromatic carbocycles. The van der Waals surface area contributed by atoms with Crippen molar-refractivity contribution < 1.29 is 5.21 Å². The average molecular weight is 235 g/mol. The van der Waals surface area contributed by atoms with E-state index in [1.54, 1.807) is 0 Å². The van der Waals surface area contributed by atoms with Gasteiger partial charge in [0, 0.05) is 18.2 Å². The predicted octanol–water partition coefficient (Wildman–Crippen LogP) is 1.98. The first-order chi connectivity index (χ1) is 8.08. The number of amidine groups is 1. The molecular formula is C13H21N3O. The second kappa shape index (κ2) is 6.25. The van der Waals surface area contributed by atoms with Crippen LogP contribution < -0.4 is 11.1 Å². The quantitative estimate of drug-likeness (QED) is 0.316. The molecule has 94 valence electrons. The molecule has 1 unspecified atom stereocenters. The summed E-state index contributed by atoms with van der Waals surface area (Å²) in [5.41, 5.74) is 8.67. The van der Waals surface area contributed by atoms with Gasteiger partial charge in [0.25, 0.3) is 0 Å². The summed E-state index contributed by atoms with van der Waals surface area (Å²) in [6.07, 6.45) is 1.11. The second-order valence-corrected chi connectivity index (χ2v) is 4.32. The van der Waals surface area contributed by atoms with Crippen molar-refractivity contribution in [2.24, 2.45) is 10.9 Å². The first-order valence-electron chi connectivity index (χ1n) is 5.89. The molecule has 0 aliphatic heterocycles. The lowest BCUT2D eigenvalue weighted by Crippen LogP contribution is -2.25. The Kier molecular flexibility index (Phi) is 4.97. The van der Waals surface area contributed by atoms with E-state index < -0.39 is 0 Å². The maximum Gasteiger partial charge on any atom is 0.170 e. The van der Waals surface area contributed by atoms with Crippen LogP contribution in [-0.2, 0) is 6.54 Å². The molecule has 0 aliphatic carbocycles. The number of nitrogens with one attached hydrogen (secondary N) is 1. The summed E-state index contributed by atoms with van der Waals surface area (Å²) in [5, 5.41) is 15.0. The van der Waals surface area contributed by atoms with E-state index in [9.17, 15) is 0 Å². The number of hydrogen-bond acceptors (Lipinski definition) is 3. The fraction of sp³-hybridized carbons (Fsp3) is 0.462. The van der Waals surface area contributed by atoms with Gasteiger partial charge in [-0.3, -0.25) is 0 Å². The molecule has 0 spiro atoms. The lowest BCUT2D eigenvalue weighted by molar-refractivity contribution is 0.318. The topological polar surface area (TPSA) is 70.6 Å². The van der Waals surface area contributed by atoms with Gasteiger partial charge in [-0.1, -0.05) is 24.2 Å². The molecule has 0 saturated heterocycles. The normalized spacial score (nSPS) is 13.7. The van der Waals surface area contributed by atoms with E-state index >= 15 is 0 Å². The summed E-state index contributed by atoms with van der Waals surface area (Å²) >= 11 is 0. The van der Waals surface area contributed by atoms with Gasteiger partial charge in [0.1, 0.15) is 0 Å². The molecule has 0 bridgehead atoms. The molecule has 17 heavy (non-hydrogen) atoms. The molecule has 1 aromatic rings. The van der Waals surface area contributed by atoms with Crippen LogP contribution in [0.4, 0.5) is 0 Å². The monoisotopic (exact) mass is 235 g/mol. The summed E-state index contributed by atoms with van der Waals surface area (Å²) in [5.74, 6) is 0.148. The minimum atomic E-state index is 0.148. The molecule has 1 atom stereocenters. The Morgan fingerprint density at radius 1 is 1.53 bits per heavy atom. The van der Waals surface area contributed by atoms with Gasteiger partial charge in [0.05, 0.1) is 0 Å². The Labute approximate surface area is 103 Å². The zero-order chi connectivity index (χ0) is 12.8. The highest BCUT2D eigenvalue weighted by atomic mass is 16.4. The van der Waals surface area contributed by atoms with Crippen LogP contribution in [0.2, 0.25) is 0 Å². The summed E-state index contributed by atoms with van der Waals surface area (Å²) in [4.78, 5) is 0. The van der Waals surface area contributed by atoms with Gasteiger partial charge in [-0.25, -0.2) is 0 Å². The highest BCUT2D eigenvalue weighted by molar-refractivity contribution is 5.97. The maximum absolute atomic E-state index is 8.61. The van der Waals surface area contributed by atoms with Crippen LogP contribution >= 0.6 is 0 Å². The number of nitrogens with two attached hydrogens (primary N) is 1. The van der Waals surface area contributed by atoms with E-state index in [0.29, 0.717) is 6.04 Å². The van der Waals surface area contributed by atoms with Crippen LogP contribution in [0.25, 0.3) is 0 Å². The van der Waals surface area contributed by atoms with E-state index in [0.717, 1.165) is 24.1 Å². The summed E-state index contributed by atoms with van der Waals surface area (Å²) in [7, 11) is 0. The third kappa shape index (κ3) is 3.75. The number of hydrogen-bond donors (Lipinski definition) is 3. The van der Waals surface area contributed by atoms with E-state index in [2.05, 4.69) is 24.3 Å². The van der Waals surface area contributed by atoms with Crippen LogP contribution in [0.15, 0.2) is 23.4 Å². The van der Waals surface area contributed by atoms with Crippen molar-refractivity contribution in [3.05, 3.63) is 34.9 Å². The zero-order valence-electron chi connectivity index (χ0n) is 10.7. The average Bonchev–Trinajstić information content (AvgIpc) is 2.35. The van der Waals surface area contributed by atoms with Gasteiger partial charge in [-0.15, -0.1) is 0 Å². The van der Waals surface area contributed by atoms with Gasteiger partial charge in [-0.05, 0) is 37.5 Å². The lowest BCUT2D eigenvalue weighted by Gasteiger charge is -2.13. The van der Waals surface area contributed by atoms with Crippen LogP contribution in [-0.4, -0.2) is 17.1 Å². The number of rotatable bonds is 5. The third-order valence-electron chi connectivity index (χ3n) is 3.00. The van der Waals surface area contributed by atoms with Gasteiger partial charge in [0.2, 0.25) is 0 Å². The van der Waals surface area contributed by atoms with E-state index in [1.165, 1.54) is 5.56 Å². The van der Waals surface area contributed by atoms with Crippen molar-refractivity contribution in [3.8, 4) is 0 Å². The molecule has 0 saturated carbocycles. The highest BCUT2D eigenvalue weighted by Crippen LogP contribution is 2.11. The Bertz CT molecular complexity index is 402. The Morgan fingerprint density at radius 3 is 2.76 bits per heavy atom. The first-order valence-corrected chi connectivity index (χ1v) is 5.89. The zero-order valence-corrected chi connectivity index (χ0v) is 10.7. The van der Waals surface area contributed by atoms with Gasteiger partial charge < -0.3 is 16.3 Å². The summed E-state index contributed by atoms with van der Waals surface area (Å²) in [6.45, 7) is 7.20. The third-order valence-corrected chi connectivity index (χ3v) is 3.00. The van der Waals surface area contributed by atoms with E-state index in [1.807, 2.05) is 25.1 Å². The van der Waals surface area contributed by atoms with Gasteiger partial charge >= 0.3 is 0 Å². The molecule has 4 nitrogen and oxygen atoms in total. The fourth-order valence-electron chi connectivity index (χ4n) is 1.54. The maximum atomic E-state index is 8.61. The predicted molar refractivity (Wildman–Crippen MR) is 70.3 cm³/mol. The number of nitrogens with zero attached hydrogens (tertiary/aromatic N) is 1. The number of benzene rings is 1. The van der Waals surface area contributed by atoms with Crippen LogP contribution in [0.5, 0.6) is 0 Å². The minimum Gasteiger partial charge on any atom is -0.409 e. The largest absolute Gasteiger partial charge is 0.409 e. The molecule has 0 amide bonds. The minimum absolute atomic E-state index is 0.148. The Morgan fingerprint density at radius 2 is 2.24 bits per heavy atom. The van der Waals surface area contributed by atoms with Crippen LogP contribution in [0.3, 0.4) is 0 Å². The number of oxime groups is 1. The smallest absolute Gasteiger partial charge is 0.170 e. The van der Waals surface area contributed by atoms with Crippen molar-refractivity contribution >= 4 is 5.84 Å². The lowest BCUT2D eigenvalue weighted by atomic mass is 10.0. The van der Waals surface area contributed by atoms with Crippen molar-refractivity contribution in [1.29, 1.82) is 0 Å². The van der Waals surface area contributed by atoms with Crippen molar-refractivity contribution in [2.45, 2.75) is 39.8 Å². The van der Waals surface area contributed by atoms with Crippen molar-refractivity contribution in [3.63, 3.8) is 0 Å². The molecule has 0 aliphatic rings. The van der Waals surface area contributed by atoms with Crippen molar-refractivity contribution in [2.75, 3.05) is 0 Å². The molecule has 0 aromatic heterocycles. The highest BCUT2D eigenvalue weighted by Gasteiger charge is 2.04. The van der Waals surface area contributed by atoms with Crippen LogP contribution in [0.1, 0.15) is 37.0 Å². The fourth-order valence-corrected chi connectivity index (χ4v) is 1.54.